The number of aromatic nitrogens is 2. The maximum atomic E-state index is 13.6. The van der Waals surface area contributed by atoms with Gasteiger partial charge in [-0.15, -0.1) is 11.3 Å². The number of nitrogens with one attached hydrogen (secondary N) is 1. The van der Waals surface area contributed by atoms with Crippen molar-refractivity contribution < 1.29 is 4.79 Å². The molecule has 1 amide bonds. The number of thioether (sulfide) groups is 1. The van der Waals surface area contributed by atoms with Gasteiger partial charge in [0.1, 0.15) is 4.83 Å². The smallest absolute Gasteiger partial charge is 0.263 e. The molecule has 2 atom stereocenters. The Morgan fingerprint density at radius 3 is 2.86 bits per heavy atom. The Morgan fingerprint density at radius 1 is 1.21 bits per heavy atom. The Hall–Kier alpha value is -1.34. The van der Waals surface area contributed by atoms with E-state index < -0.39 is 0 Å². The molecule has 5 nitrogen and oxygen atoms in total. The molecular weight excluding hydrogens is 390 g/mol. The molecule has 3 heterocycles. The number of amides is 1. The fourth-order valence-electron chi connectivity index (χ4n) is 4.18. The SMILES string of the molecule is CC[C@@H](C)n1c(S[C@H]2CCCCNC2=O)nc2sc3c(c2c1=O)CCCCC3. The first-order chi connectivity index (χ1) is 13.6. The number of fused-ring (bicyclic) bond motifs is 3. The van der Waals surface area contributed by atoms with E-state index in [1.807, 2.05) is 4.57 Å². The van der Waals surface area contributed by atoms with Gasteiger partial charge >= 0.3 is 0 Å². The minimum absolute atomic E-state index is 0.0714. The van der Waals surface area contributed by atoms with Crippen molar-refractivity contribution in [2.45, 2.75) is 88.1 Å². The average molecular weight is 420 g/mol. The van der Waals surface area contributed by atoms with Crippen molar-refractivity contribution >= 4 is 39.2 Å². The second-order valence-electron chi connectivity index (χ2n) is 7.96. The summed E-state index contributed by atoms with van der Waals surface area (Å²) in [6.07, 6.45) is 9.39. The molecule has 1 fully saturated rings. The van der Waals surface area contributed by atoms with Crippen LogP contribution in [0.1, 0.15) is 75.3 Å². The van der Waals surface area contributed by atoms with Crippen LogP contribution in [-0.4, -0.2) is 27.3 Å². The molecule has 4 rings (SSSR count). The van der Waals surface area contributed by atoms with Gasteiger partial charge in [-0.05, 0) is 57.4 Å². The summed E-state index contributed by atoms with van der Waals surface area (Å²) in [4.78, 5) is 33.3. The van der Waals surface area contributed by atoms with Gasteiger partial charge in [-0.1, -0.05) is 31.5 Å². The van der Waals surface area contributed by atoms with Crippen molar-refractivity contribution in [1.29, 1.82) is 0 Å². The summed E-state index contributed by atoms with van der Waals surface area (Å²) < 4.78 is 1.86. The van der Waals surface area contributed by atoms with E-state index in [1.54, 1.807) is 11.3 Å². The Bertz CT molecular complexity index is 934. The van der Waals surface area contributed by atoms with E-state index in [0.717, 1.165) is 61.7 Å². The topological polar surface area (TPSA) is 64.0 Å². The van der Waals surface area contributed by atoms with E-state index >= 15 is 0 Å². The largest absolute Gasteiger partial charge is 0.355 e. The molecule has 0 saturated carbocycles. The molecule has 0 aromatic carbocycles. The zero-order chi connectivity index (χ0) is 19.7. The summed E-state index contributed by atoms with van der Waals surface area (Å²) in [5.41, 5.74) is 1.34. The second kappa shape index (κ2) is 8.57. The van der Waals surface area contributed by atoms with Crippen LogP contribution in [0.5, 0.6) is 0 Å². The van der Waals surface area contributed by atoms with Crippen LogP contribution in [-0.2, 0) is 17.6 Å². The third kappa shape index (κ3) is 3.75. The van der Waals surface area contributed by atoms with Gasteiger partial charge in [-0.2, -0.15) is 0 Å². The van der Waals surface area contributed by atoms with Crippen LogP contribution in [0.4, 0.5) is 0 Å². The van der Waals surface area contributed by atoms with Gasteiger partial charge in [0.15, 0.2) is 5.16 Å². The highest BCUT2D eigenvalue weighted by Crippen LogP contribution is 2.36. The molecule has 0 spiro atoms. The lowest BCUT2D eigenvalue weighted by atomic mass is 10.1. The van der Waals surface area contributed by atoms with Crippen LogP contribution in [0.25, 0.3) is 10.2 Å². The minimum atomic E-state index is -0.167. The minimum Gasteiger partial charge on any atom is -0.355 e. The highest BCUT2D eigenvalue weighted by atomic mass is 32.2. The Morgan fingerprint density at radius 2 is 2.04 bits per heavy atom. The van der Waals surface area contributed by atoms with E-state index in [0.29, 0.717) is 5.16 Å². The van der Waals surface area contributed by atoms with Crippen LogP contribution < -0.4 is 10.9 Å². The van der Waals surface area contributed by atoms with Crippen molar-refractivity contribution in [3.63, 3.8) is 0 Å². The van der Waals surface area contributed by atoms with Crippen LogP contribution >= 0.6 is 23.1 Å². The molecule has 2 aromatic rings. The van der Waals surface area contributed by atoms with Crippen molar-refractivity contribution in [2.75, 3.05) is 6.54 Å². The zero-order valence-corrected chi connectivity index (χ0v) is 18.4. The standard InChI is InChI=1S/C21H29N3O2S2/c1-3-13(2)24-20(26)17-14-9-5-4-6-10-15(14)27-19(17)23-21(24)28-16-11-7-8-12-22-18(16)25/h13,16H,3-12H2,1-2H3,(H,22,25)/t13-,16+/m1/s1. The molecule has 1 saturated heterocycles. The highest BCUT2D eigenvalue weighted by Gasteiger charge is 2.27. The summed E-state index contributed by atoms with van der Waals surface area (Å²) in [5, 5.41) is 4.39. The molecule has 7 heteroatoms. The normalized spacial score (nSPS) is 21.6. The maximum absolute atomic E-state index is 13.6. The maximum Gasteiger partial charge on any atom is 0.263 e. The third-order valence-corrected chi connectivity index (χ3v) is 8.42. The van der Waals surface area contributed by atoms with Gasteiger partial charge in [0.2, 0.25) is 5.91 Å². The van der Waals surface area contributed by atoms with Gasteiger partial charge in [0, 0.05) is 17.5 Å². The molecule has 2 aliphatic rings. The fourth-order valence-corrected chi connectivity index (χ4v) is 6.74. The average Bonchev–Trinajstić information content (AvgIpc) is 2.82. The number of carbonyl (C=O) groups excluding carboxylic acids is 1. The van der Waals surface area contributed by atoms with E-state index in [4.69, 9.17) is 4.98 Å². The molecule has 0 unspecified atom stereocenters. The Labute approximate surface area is 174 Å². The van der Waals surface area contributed by atoms with Crippen molar-refractivity contribution in [3.8, 4) is 0 Å². The molecular formula is C21H29N3O2S2. The lowest BCUT2D eigenvalue weighted by Gasteiger charge is -2.20. The Kier molecular flexibility index (Phi) is 6.11. The monoisotopic (exact) mass is 419 g/mol. The van der Waals surface area contributed by atoms with Crippen LogP contribution in [0, 0.1) is 0 Å². The van der Waals surface area contributed by atoms with Crippen molar-refractivity contribution in [3.05, 3.63) is 20.8 Å². The summed E-state index contributed by atoms with van der Waals surface area (Å²) in [6.45, 7) is 4.93. The summed E-state index contributed by atoms with van der Waals surface area (Å²) >= 11 is 3.18. The van der Waals surface area contributed by atoms with E-state index in [-0.39, 0.29) is 22.8 Å². The van der Waals surface area contributed by atoms with Crippen LogP contribution in [0.15, 0.2) is 9.95 Å². The molecule has 1 aliphatic carbocycles. The zero-order valence-electron chi connectivity index (χ0n) is 16.8. The summed E-state index contributed by atoms with van der Waals surface area (Å²) in [6, 6.07) is 0.0714. The molecule has 152 valence electrons. The van der Waals surface area contributed by atoms with Crippen LogP contribution in [0.3, 0.4) is 0 Å². The number of aryl methyl sites for hydroxylation is 2. The summed E-state index contributed by atoms with van der Waals surface area (Å²) in [5.74, 6) is 0.0782. The lowest BCUT2D eigenvalue weighted by molar-refractivity contribution is -0.120. The van der Waals surface area contributed by atoms with Gasteiger partial charge in [-0.25, -0.2) is 4.98 Å². The molecule has 28 heavy (non-hydrogen) atoms. The number of thiophene rings is 1. The predicted molar refractivity (Wildman–Crippen MR) is 117 cm³/mol. The predicted octanol–water partition coefficient (Wildman–Crippen LogP) is 4.46. The van der Waals surface area contributed by atoms with Crippen molar-refractivity contribution in [2.24, 2.45) is 0 Å². The first-order valence-corrected chi connectivity index (χ1v) is 12.3. The number of hydrogen-bond acceptors (Lipinski definition) is 5. The van der Waals surface area contributed by atoms with E-state index in [1.165, 1.54) is 35.0 Å². The molecule has 0 bridgehead atoms. The molecule has 1 aliphatic heterocycles. The number of hydrogen-bond donors (Lipinski definition) is 1. The first-order valence-electron chi connectivity index (χ1n) is 10.6. The molecule has 0 radical (unpaired) electrons. The van der Waals surface area contributed by atoms with Gasteiger partial charge in [0.05, 0.1) is 10.6 Å². The first kappa shape index (κ1) is 20.0. The molecule has 1 N–H and O–H groups in total. The summed E-state index contributed by atoms with van der Waals surface area (Å²) in [7, 11) is 0. The van der Waals surface area contributed by atoms with E-state index in [2.05, 4.69) is 19.2 Å². The van der Waals surface area contributed by atoms with E-state index in [9.17, 15) is 9.59 Å². The quantitative estimate of drug-likeness (QED) is 0.587. The second-order valence-corrected chi connectivity index (χ2v) is 10.2. The fraction of sp³-hybridized carbons (Fsp3) is 0.667. The van der Waals surface area contributed by atoms with Gasteiger partial charge < -0.3 is 5.32 Å². The highest BCUT2D eigenvalue weighted by molar-refractivity contribution is 8.00. The van der Waals surface area contributed by atoms with Crippen molar-refractivity contribution in [1.82, 2.24) is 14.9 Å². The van der Waals surface area contributed by atoms with Crippen LogP contribution in [0.2, 0.25) is 0 Å². The van der Waals surface area contributed by atoms with Gasteiger partial charge in [0.25, 0.3) is 5.56 Å². The molecule has 2 aromatic heterocycles. The lowest BCUT2D eigenvalue weighted by Crippen LogP contribution is -2.32. The van der Waals surface area contributed by atoms with Gasteiger partial charge in [-0.3, -0.25) is 14.2 Å². The number of carbonyl (C=O) groups is 1. The number of rotatable bonds is 4. The number of nitrogens with zero attached hydrogens (tertiary/aromatic N) is 2. The third-order valence-electron chi connectivity index (χ3n) is 6.00. The Balaban J connectivity index is 1.83.